The minimum absolute atomic E-state index is 0.586. The summed E-state index contributed by atoms with van der Waals surface area (Å²) in [4.78, 5) is 6.68. The number of hydrogen-bond donors (Lipinski definition) is 1. The smallest absolute Gasteiger partial charge is 0.0594 e. The molecule has 1 aliphatic rings. The predicted molar refractivity (Wildman–Crippen MR) is 93.3 cm³/mol. The summed E-state index contributed by atoms with van der Waals surface area (Å²) in [5.41, 5.74) is 3.43. The Morgan fingerprint density at radius 3 is 2.43 bits per heavy atom. The minimum Gasteiger partial charge on any atom is -0.390 e. The second-order valence-electron chi connectivity index (χ2n) is 7.31. The van der Waals surface area contributed by atoms with Crippen LogP contribution in [0.25, 0.3) is 0 Å². The molecule has 1 aromatic heterocycles. The third kappa shape index (κ3) is 4.63. The van der Waals surface area contributed by atoms with Crippen LogP contribution in [-0.2, 0) is 13.0 Å². The zero-order valence-electron chi connectivity index (χ0n) is 14.1. The highest BCUT2D eigenvalue weighted by molar-refractivity contribution is 5.24. The minimum atomic E-state index is -0.586. The lowest BCUT2D eigenvalue weighted by molar-refractivity contribution is 0.0714. The largest absolute Gasteiger partial charge is 0.390 e. The Bertz CT molecular complexity index is 610. The van der Waals surface area contributed by atoms with Crippen molar-refractivity contribution in [3.05, 3.63) is 65.5 Å². The molecular formula is C20H26N2O. The lowest BCUT2D eigenvalue weighted by atomic mass is 9.92. The van der Waals surface area contributed by atoms with Gasteiger partial charge in [0.2, 0.25) is 0 Å². The van der Waals surface area contributed by atoms with Gasteiger partial charge in [0.05, 0.1) is 5.60 Å². The van der Waals surface area contributed by atoms with E-state index in [0.29, 0.717) is 5.92 Å². The molecule has 3 nitrogen and oxygen atoms in total. The number of nitrogens with zero attached hydrogens (tertiary/aromatic N) is 2. The molecule has 0 radical (unpaired) electrons. The van der Waals surface area contributed by atoms with E-state index >= 15 is 0 Å². The van der Waals surface area contributed by atoms with Crippen LogP contribution in [0.15, 0.2) is 48.8 Å². The predicted octanol–water partition coefficient (Wildman–Crippen LogP) is 3.38. The molecule has 0 bridgehead atoms. The number of aliphatic hydroxyl groups is 1. The van der Waals surface area contributed by atoms with Gasteiger partial charge in [-0.05, 0) is 49.4 Å². The van der Waals surface area contributed by atoms with Crippen molar-refractivity contribution in [2.45, 2.75) is 44.8 Å². The Balaban J connectivity index is 1.47. The zero-order chi connectivity index (χ0) is 16.3. The molecule has 1 aromatic carbocycles. The van der Waals surface area contributed by atoms with Crippen LogP contribution < -0.4 is 0 Å². The topological polar surface area (TPSA) is 36.4 Å². The van der Waals surface area contributed by atoms with E-state index in [0.717, 1.165) is 32.5 Å². The Morgan fingerprint density at radius 1 is 1.13 bits per heavy atom. The summed E-state index contributed by atoms with van der Waals surface area (Å²) in [5, 5.41) is 9.80. The van der Waals surface area contributed by atoms with E-state index < -0.39 is 5.60 Å². The molecule has 0 spiro atoms. The first-order chi connectivity index (χ1) is 11.0. The first-order valence-corrected chi connectivity index (χ1v) is 8.42. The SMILES string of the molecule is CC(C)(O)CCc1ccc(CN2CC(c3cccnc3)C2)cc1. The molecule has 3 rings (SSSR count). The average molecular weight is 310 g/mol. The van der Waals surface area contributed by atoms with Gasteiger partial charge in [0.1, 0.15) is 0 Å². The van der Waals surface area contributed by atoms with Crippen molar-refractivity contribution >= 4 is 0 Å². The second-order valence-corrected chi connectivity index (χ2v) is 7.31. The van der Waals surface area contributed by atoms with Crippen LogP contribution in [0.2, 0.25) is 0 Å². The molecule has 0 atom stereocenters. The van der Waals surface area contributed by atoms with Gasteiger partial charge >= 0.3 is 0 Å². The van der Waals surface area contributed by atoms with Crippen molar-refractivity contribution in [3.63, 3.8) is 0 Å². The van der Waals surface area contributed by atoms with E-state index in [1.807, 2.05) is 32.3 Å². The standard InChI is InChI=1S/C20H26N2O/c1-20(2,23)10-9-16-5-7-17(8-6-16)13-22-14-19(15-22)18-4-3-11-21-12-18/h3-8,11-12,19,23H,9-10,13-15H2,1-2H3. The highest BCUT2D eigenvalue weighted by Crippen LogP contribution is 2.27. The highest BCUT2D eigenvalue weighted by Gasteiger charge is 2.27. The summed E-state index contributed by atoms with van der Waals surface area (Å²) in [5.74, 6) is 0.634. The third-order valence-corrected chi connectivity index (χ3v) is 4.57. The summed E-state index contributed by atoms with van der Waals surface area (Å²) >= 11 is 0. The van der Waals surface area contributed by atoms with E-state index in [2.05, 4.69) is 40.2 Å². The highest BCUT2D eigenvalue weighted by atomic mass is 16.3. The van der Waals surface area contributed by atoms with Crippen LogP contribution in [0.4, 0.5) is 0 Å². The molecule has 1 N–H and O–H groups in total. The molecule has 2 heterocycles. The molecule has 0 saturated carbocycles. The number of pyridine rings is 1. The van der Waals surface area contributed by atoms with Crippen molar-refractivity contribution in [1.82, 2.24) is 9.88 Å². The second kappa shape index (κ2) is 6.81. The molecular weight excluding hydrogens is 284 g/mol. The first-order valence-electron chi connectivity index (χ1n) is 8.42. The van der Waals surface area contributed by atoms with Crippen LogP contribution in [0.3, 0.4) is 0 Å². The van der Waals surface area contributed by atoms with Crippen molar-refractivity contribution in [3.8, 4) is 0 Å². The van der Waals surface area contributed by atoms with Gasteiger partial charge in [-0.15, -0.1) is 0 Å². The first kappa shape index (κ1) is 16.2. The van der Waals surface area contributed by atoms with Gasteiger partial charge in [0.15, 0.2) is 0 Å². The Hall–Kier alpha value is -1.71. The molecule has 122 valence electrons. The summed E-state index contributed by atoms with van der Waals surface area (Å²) < 4.78 is 0. The summed E-state index contributed by atoms with van der Waals surface area (Å²) in [6, 6.07) is 13.0. The summed E-state index contributed by atoms with van der Waals surface area (Å²) in [7, 11) is 0. The van der Waals surface area contributed by atoms with Gasteiger partial charge in [-0.2, -0.15) is 0 Å². The number of aryl methyl sites for hydroxylation is 1. The molecule has 23 heavy (non-hydrogen) atoms. The van der Waals surface area contributed by atoms with E-state index in [-0.39, 0.29) is 0 Å². The fraction of sp³-hybridized carbons (Fsp3) is 0.450. The van der Waals surface area contributed by atoms with Gasteiger partial charge in [0, 0.05) is 37.9 Å². The lowest BCUT2D eigenvalue weighted by Gasteiger charge is -2.39. The fourth-order valence-electron chi connectivity index (χ4n) is 3.05. The lowest BCUT2D eigenvalue weighted by Crippen LogP contribution is -2.44. The molecule has 1 fully saturated rings. The number of hydrogen-bond acceptors (Lipinski definition) is 3. The molecule has 0 amide bonds. The van der Waals surface area contributed by atoms with Crippen molar-refractivity contribution in [2.75, 3.05) is 13.1 Å². The average Bonchev–Trinajstić information content (AvgIpc) is 2.50. The van der Waals surface area contributed by atoms with E-state index in [9.17, 15) is 5.11 Å². The Morgan fingerprint density at radius 2 is 1.83 bits per heavy atom. The van der Waals surface area contributed by atoms with Gasteiger partial charge in [0.25, 0.3) is 0 Å². The molecule has 2 aromatic rings. The normalized spacial score (nSPS) is 16.3. The van der Waals surface area contributed by atoms with Crippen LogP contribution in [-0.4, -0.2) is 33.7 Å². The van der Waals surface area contributed by atoms with Crippen LogP contribution in [0.1, 0.15) is 42.9 Å². The Kier molecular flexibility index (Phi) is 4.79. The quantitative estimate of drug-likeness (QED) is 0.888. The molecule has 0 aliphatic carbocycles. The fourth-order valence-corrected chi connectivity index (χ4v) is 3.05. The van der Waals surface area contributed by atoms with Gasteiger partial charge in [-0.1, -0.05) is 30.3 Å². The van der Waals surface area contributed by atoms with Crippen LogP contribution in [0, 0.1) is 0 Å². The number of rotatable bonds is 6. The molecule has 3 heteroatoms. The summed E-state index contributed by atoms with van der Waals surface area (Å²) in [6.07, 6.45) is 5.54. The van der Waals surface area contributed by atoms with Crippen molar-refractivity contribution in [1.29, 1.82) is 0 Å². The van der Waals surface area contributed by atoms with Crippen molar-refractivity contribution < 1.29 is 5.11 Å². The van der Waals surface area contributed by atoms with E-state index in [1.54, 1.807) is 0 Å². The molecule has 0 unspecified atom stereocenters. The number of likely N-dealkylation sites (tertiary alicyclic amines) is 1. The van der Waals surface area contributed by atoms with E-state index in [4.69, 9.17) is 0 Å². The van der Waals surface area contributed by atoms with Gasteiger partial charge in [-0.3, -0.25) is 9.88 Å². The van der Waals surface area contributed by atoms with E-state index in [1.165, 1.54) is 16.7 Å². The maximum absolute atomic E-state index is 9.80. The molecule has 1 saturated heterocycles. The van der Waals surface area contributed by atoms with Gasteiger partial charge in [-0.25, -0.2) is 0 Å². The monoisotopic (exact) mass is 310 g/mol. The maximum Gasteiger partial charge on any atom is 0.0594 e. The number of aromatic nitrogens is 1. The van der Waals surface area contributed by atoms with Gasteiger partial charge < -0.3 is 5.11 Å². The van der Waals surface area contributed by atoms with Crippen LogP contribution >= 0.6 is 0 Å². The Labute approximate surface area is 139 Å². The van der Waals surface area contributed by atoms with Crippen molar-refractivity contribution in [2.24, 2.45) is 0 Å². The maximum atomic E-state index is 9.80. The van der Waals surface area contributed by atoms with Crippen LogP contribution in [0.5, 0.6) is 0 Å². The number of benzene rings is 1. The third-order valence-electron chi connectivity index (χ3n) is 4.57. The summed E-state index contributed by atoms with van der Waals surface area (Å²) in [6.45, 7) is 6.98. The zero-order valence-corrected chi connectivity index (χ0v) is 14.1. The molecule has 1 aliphatic heterocycles.